The minimum Gasteiger partial charge on any atom is -0.494 e. The van der Waals surface area contributed by atoms with E-state index in [0.29, 0.717) is 36.4 Å². The number of halogens is 1. The van der Waals surface area contributed by atoms with E-state index < -0.39 is 28.7 Å². The van der Waals surface area contributed by atoms with Gasteiger partial charge in [0.1, 0.15) is 24.0 Å². The molecule has 2 bridgehead atoms. The number of thioether (sulfide) groups is 1. The van der Waals surface area contributed by atoms with Gasteiger partial charge in [-0.1, -0.05) is 40.2 Å². The number of amides is 3. The molecule has 3 N–H and O–H groups in total. The van der Waals surface area contributed by atoms with Crippen LogP contribution in [0.15, 0.2) is 48.5 Å². The SMILES string of the molecule is CCOc1ccc(NC(=O)[C@H]2[C@@H]3SC4(CC3Br)C(C(=O)NCn3nnc5ccccc53)N([C@@H](CC)CO)C(=O)[C@H]24)cc1. The molecule has 1 spiro atoms. The minimum atomic E-state index is -0.861. The lowest BCUT2D eigenvalue weighted by Crippen LogP contribution is -2.57. The molecule has 1 aromatic heterocycles. The van der Waals surface area contributed by atoms with Crippen molar-refractivity contribution in [3.05, 3.63) is 48.5 Å². The molecule has 42 heavy (non-hydrogen) atoms. The third-order valence-electron chi connectivity index (χ3n) is 8.61. The highest BCUT2D eigenvalue weighted by atomic mass is 79.9. The fraction of sp³-hybridized carbons (Fsp3) is 0.483. The Morgan fingerprint density at radius 3 is 2.67 bits per heavy atom. The zero-order valence-corrected chi connectivity index (χ0v) is 25.7. The van der Waals surface area contributed by atoms with Crippen molar-refractivity contribution in [1.82, 2.24) is 25.2 Å². The zero-order chi connectivity index (χ0) is 29.6. The molecule has 13 heteroatoms. The maximum atomic E-state index is 14.2. The first-order valence-corrected chi connectivity index (χ1v) is 16.0. The van der Waals surface area contributed by atoms with Gasteiger partial charge >= 0.3 is 0 Å². The Labute approximate surface area is 255 Å². The maximum Gasteiger partial charge on any atom is 0.245 e. The number of hydrogen-bond donors (Lipinski definition) is 3. The van der Waals surface area contributed by atoms with Crippen molar-refractivity contribution in [2.75, 3.05) is 18.5 Å². The van der Waals surface area contributed by atoms with Crippen molar-refractivity contribution in [3.63, 3.8) is 0 Å². The number of aliphatic hydroxyl groups is 1. The normalized spacial score (nSPS) is 28.6. The number of nitrogens with one attached hydrogen (secondary N) is 2. The molecular weight excluding hydrogens is 624 g/mol. The number of rotatable bonds is 10. The second kappa shape index (κ2) is 11.5. The van der Waals surface area contributed by atoms with E-state index in [2.05, 4.69) is 36.9 Å². The minimum absolute atomic E-state index is 0.0636. The Balaban J connectivity index is 1.29. The van der Waals surface area contributed by atoms with Crippen LogP contribution >= 0.6 is 27.7 Å². The summed E-state index contributed by atoms with van der Waals surface area (Å²) >= 11 is 5.34. The monoisotopic (exact) mass is 656 g/mol. The molecule has 0 aliphatic carbocycles. The molecule has 0 saturated carbocycles. The molecule has 3 amide bonds. The quantitative estimate of drug-likeness (QED) is 0.283. The van der Waals surface area contributed by atoms with E-state index in [9.17, 15) is 19.5 Å². The summed E-state index contributed by atoms with van der Waals surface area (Å²) in [6, 6.07) is 13.2. The molecule has 3 unspecified atom stereocenters. The third-order valence-corrected chi connectivity index (χ3v) is 11.8. The molecule has 3 aliphatic heterocycles. The number of nitrogens with zero attached hydrogens (tertiary/aromatic N) is 4. The van der Waals surface area contributed by atoms with E-state index >= 15 is 0 Å². The van der Waals surface area contributed by atoms with Crippen LogP contribution in [-0.2, 0) is 21.1 Å². The van der Waals surface area contributed by atoms with Crippen LogP contribution in [-0.4, -0.2) is 82.8 Å². The van der Waals surface area contributed by atoms with Crippen LogP contribution < -0.4 is 15.4 Å². The summed E-state index contributed by atoms with van der Waals surface area (Å²) in [5, 5.41) is 24.4. The van der Waals surface area contributed by atoms with Crippen LogP contribution in [0.4, 0.5) is 5.69 Å². The van der Waals surface area contributed by atoms with Crippen molar-refractivity contribution in [2.24, 2.45) is 11.8 Å². The van der Waals surface area contributed by atoms with E-state index in [1.807, 2.05) is 38.1 Å². The number of carbonyl (C=O) groups excluding carboxylic acids is 3. The van der Waals surface area contributed by atoms with E-state index in [1.165, 1.54) is 0 Å². The van der Waals surface area contributed by atoms with Crippen LogP contribution in [0.3, 0.4) is 0 Å². The van der Waals surface area contributed by atoms with Crippen LogP contribution in [0.25, 0.3) is 11.0 Å². The van der Waals surface area contributed by atoms with Crippen molar-refractivity contribution in [1.29, 1.82) is 0 Å². The molecule has 11 nitrogen and oxygen atoms in total. The summed E-state index contributed by atoms with van der Waals surface area (Å²) in [5.74, 6) is -1.50. The van der Waals surface area contributed by atoms with Gasteiger partial charge < -0.3 is 25.4 Å². The number of fused-ring (bicyclic) bond motifs is 2. The summed E-state index contributed by atoms with van der Waals surface area (Å²) in [6.07, 6.45) is 1.02. The largest absolute Gasteiger partial charge is 0.494 e. The molecule has 3 aliphatic rings. The number of para-hydroxylation sites is 1. The van der Waals surface area contributed by atoms with Gasteiger partial charge in [-0.3, -0.25) is 14.4 Å². The molecule has 0 radical (unpaired) electrons. The molecular formula is C29H33BrN6O5S. The number of aliphatic hydroxyl groups excluding tert-OH is 1. The maximum absolute atomic E-state index is 14.2. The van der Waals surface area contributed by atoms with Gasteiger partial charge in [0, 0.05) is 15.8 Å². The first-order chi connectivity index (χ1) is 20.3. The molecule has 3 saturated heterocycles. The lowest BCUT2D eigenvalue weighted by atomic mass is 9.70. The topological polar surface area (TPSA) is 139 Å². The van der Waals surface area contributed by atoms with E-state index in [4.69, 9.17) is 4.74 Å². The number of likely N-dealkylation sites (tertiary alicyclic amines) is 1. The highest BCUT2D eigenvalue weighted by Crippen LogP contribution is 2.68. The lowest BCUT2D eigenvalue weighted by Gasteiger charge is -2.37. The standard InChI is InChI=1S/C29H33BrN6O5S/c1-3-17(14-37)36-25(27(39)31-15-35-21-8-6-5-7-20(21)33-34-35)29-13-19(30)24(42-29)22(23(29)28(36)40)26(38)32-16-9-11-18(12-10-16)41-4-2/h5-12,17,19,22-25,37H,3-4,13-15H2,1-2H3,(H,31,39)(H,32,38)/t17-,19?,22+,23-,24+,25?,29?/m0/s1. The van der Waals surface area contributed by atoms with Gasteiger partial charge in [-0.15, -0.1) is 16.9 Å². The van der Waals surface area contributed by atoms with Crippen LogP contribution in [0, 0.1) is 11.8 Å². The Bertz CT molecular complexity index is 1500. The second-order valence-electron chi connectivity index (χ2n) is 10.9. The van der Waals surface area contributed by atoms with Crippen LogP contribution in [0.2, 0.25) is 0 Å². The molecule has 4 heterocycles. The highest BCUT2D eigenvalue weighted by molar-refractivity contribution is 9.09. The Morgan fingerprint density at radius 1 is 1.19 bits per heavy atom. The summed E-state index contributed by atoms with van der Waals surface area (Å²) in [5.41, 5.74) is 2.09. The lowest BCUT2D eigenvalue weighted by molar-refractivity contribution is -0.142. The summed E-state index contributed by atoms with van der Waals surface area (Å²) in [4.78, 5) is 43.6. The molecule has 2 aromatic carbocycles. The summed E-state index contributed by atoms with van der Waals surface area (Å²) in [6.45, 7) is 4.11. The van der Waals surface area contributed by atoms with Crippen LogP contribution in [0.1, 0.15) is 26.7 Å². The molecule has 6 rings (SSSR count). The van der Waals surface area contributed by atoms with Crippen molar-refractivity contribution < 1.29 is 24.2 Å². The van der Waals surface area contributed by atoms with Gasteiger partial charge in [0.2, 0.25) is 17.7 Å². The van der Waals surface area contributed by atoms with Gasteiger partial charge in [0.25, 0.3) is 0 Å². The number of aromatic nitrogens is 3. The van der Waals surface area contributed by atoms with Crippen molar-refractivity contribution >= 4 is 62.1 Å². The summed E-state index contributed by atoms with van der Waals surface area (Å²) < 4.78 is 6.28. The van der Waals surface area contributed by atoms with Crippen LogP contribution in [0.5, 0.6) is 5.75 Å². The number of ether oxygens (including phenoxy) is 1. The Kier molecular flexibility index (Phi) is 7.92. The fourth-order valence-corrected chi connectivity index (χ4v) is 10.4. The number of anilines is 1. The average Bonchev–Trinajstić information content (AvgIpc) is 3.71. The zero-order valence-electron chi connectivity index (χ0n) is 23.3. The Morgan fingerprint density at radius 2 is 1.95 bits per heavy atom. The molecule has 7 atom stereocenters. The molecule has 222 valence electrons. The van der Waals surface area contributed by atoms with E-state index in [1.54, 1.807) is 45.6 Å². The van der Waals surface area contributed by atoms with Gasteiger partial charge in [-0.2, -0.15) is 0 Å². The predicted octanol–water partition coefficient (Wildman–Crippen LogP) is 2.78. The third kappa shape index (κ3) is 4.65. The summed E-state index contributed by atoms with van der Waals surface area (Å²) in [7, 11) is 0. The first kappa shape index (κ1) is 28.9. The van der Waals surface area contributed by atoms with Crippen molar-refractivity contribution in [2.45, 2.75) is 60.3 Å². The van der Waals surface area contributed by atoms with E-state index in [-0.39, 0.29) is 41.1 Å². The molecule has 3 aromatic rings. The van der Waals surface area contributed by atoms with E-state index in [0.717, 1.165) is 5.52 Å². The van der Waals surface area contributed by atoms with Gasteiger partial charge in [0.15, 0.2) is 0 Å². The predicted molar refractivity (Wildman–Crippen MR) is 162 cm³/mol. The van der Waals surface area contributed by atoms with Gasteiger partial charge in [-0.25, -0.2) is 4.68 Å². The van der Waals surface area contributed by atoms with Gasteiger partial charge in [0.05, 0.1) is 41.4 Å². The average molecular weight is 658 g/mol. The first-order valence-electron chi connectivity index (χ1n) is 14.2. The smallest absolute Gasteiger partial charge is 0.245 e. The highest BCUT2D eigenvalue weighted by Gasteiger charge is 2.76. The van der Waals surface area contributed by atoms with Crippen molar-refractivity contribution in [3.8, 4) is 5.75 Å². The number of alkyl halides is 1. The second-order valence-corrected chi connectivity index (χ2v) is 13.6. The number of benzene rings is 2. The van der Waals surface area contributed by atoms with Gasteiger partial charge in [-0.05, 0) is 56.2 Å². The number of hydrogen-bond acceptors (Lipinski definition) is 8. The molecule has 3 fully saturated rings. The Hall–Kier alpha value is -3.16. The number of carbonyl (C=O) groups is 3. The fourth-order valence-electron chi connectivity index (χ4n) is 6.78.